The van der Waals surface area contributed by atoms with Crippen LogP contribution in [0.25, 0.3) is 0 Å². The molecule has 1 amide bonds. The molecule has 25 heavy (non-hydrogen) atoms. The lowest BCUT2D eigenvalue weighted by Crippen LogP contribution is -2.29. The second-order valence-electron chi connectivity index (χ2n) is 5.88. The molecule has 1 aliphatic rings. The van der Waals surface area contributed by atoms with E-state index in [9.17, 15) is 9.18 Å². The third kappa shape index (κ3) is 4.28. The van der Waals surface area contributed by atoms with Crippen LogP contribution in [0.5, 0.6) is 11.6 Å². The van der Waals surface area contributed by atoms with E-state index in [1.165, 1.54) is 12.1 Å². The van der Waals surface area contributed by atoms with Gasteiger partial charge in [0.2, 0.25) is 5.88 Å². The quantitative estimate of drug-likeness (QED) is 0.759. The molecule has 0 saturated carbocycles. The summed E-state index contributed by atoms with van der Waals surface area (Å²) in [5, 5.41) is 0. The molecule has 132 valence electrons. The van der Waals surface area contributed by atoms with Gasteiger partial charge in [-0.1, -0.05) is 0 Å². The number of halogens is 2. The van der Waals surface area contributed by atoms with Crippen molar-refractivity contribution in [3.05, 3.63) is 52.4 Å². The number of methoxy groups -OCH3 is 1. The third-order valence-electron chi connectivity index (χ3n) is 4.14. The molecule has 2 aromatic rings. The van der Waals surface area contributed by atoms with Crippen LogP contribution in [0.3, 0.4) is 0 Å². The maximum Gasteiger partial charge on any atom is 0.255 e. The van der Waals surface area contributed by atoms with E-state index in [2.05, 4.69) is 20.9 Å². The zero-order valence-corrected chi connectivity index (χ0v) is 15.3. The van der Waals surface area contributed by atoms with Crippen LogP contribution in [0.4, 0.5) is 4.39 Å². The summed E-state index contributed by atoms with van der Waals surface area (Å²) in [4.78, 5) is 18.4. The molecule has 1 atom stereocenters. The smallest absolute Gasteiger partial charge is 0.255 e. The van der Waals surface area contributed by atoms with Crippen molar-refractivity contribution in [2.45, 2.75) is 6.42 Å². The Kier molecular flexibility index (Phi) is 5.53. The maximum absolute atomic E-state index is 12.8. The summed E-state index contributed by atoms with van der Waals surface area (Å²) in [7, 11) is 1.57. The average molecular weight is 409 g/mol. The van der Waals surface area contributed by atoms with Gasteiger partial charge in [0.05, 0.1) is 25.5 Å². The van der Waals surface area contributed by atoms with Crippen LogP contribution < -0.4 is 9.47 Å². The molecule has 3 rings (SSSR count). The van der Waals surface area contributed by atoms with Gasteiger partial charge >= 0.3 is 0 Å². The Morgan fingerprint density at radius 1 is 1.40 bits per heavy atom. The second-order valence-corrected chi connectivity index (χ2v) is 6.73. The summed E-state index contributed by atoms with van der Waals surface area (Å²) in [6.07, 6.45) is 1.98. The van der Waals surface area contributed by atoms with E-state index in [4.69, 9.17) is 9.47 Å². The molecule has 1 aromatic heterocycles. The van der Waals surface area contributed by atoms with Gasteiger partial charge in [0.25, 0.3) is 5.91 Å². The van der Waals surface area contributed by atoms with Crippen LogP contribution in [-0.2, 0) is 0 Å². The van der Waals surface area contributed by atoms with Crippen LogP contribution in [-0.4, -0.2) is 42.6 Å². The fraction of sp³-hybridized carbons (Fsp3) is 0.333. The normalized spacial score (nSPS) is 16.8. The van der Waals surface area contributed by atoms with Gasteiger partial charge in [-0.25, -0.2) is 9.37 Å². The molecule has 1 aromatic carbocycles. The molecule has 1 saturated heterocycles. The molecule has 1 unspecified atom stereocenters. The van der Waals surface area contributed by atoms with E-state index in [1.54, 1.807) is 19.2 Å². The highest BCUT2D eigenvalue weighted by Crippen LogP contribution is 2.26. The highest BCUT2D eigenvalue weighted by Gasteiger charge is 2.28. The van der Waals surface area contributed by atoms with Gasteiger partial charge < -0.3 is 14.4 Å². The zero-order valence-electron chi connectivity index (χ0n) is 13.7. The van der Waals surface area contributed by atoms with Crippen LogP contribution in [0.15, 0.2) is 41.0 Å². The van der Waals surface area contributed by atoms with Crippen molar-refractivity contribution in [2.24, 2.45) is 5.92 Å². The lowest BCUT2D eigenvalue weighted by molar-refractivity contribution is 0.0781. The minimum atomic E-state index is -0.395. The highest BCUT2D eigenvalue weighted by molar-refractivity contribution is 9.10. The number of likely N-dealkylation sites (tertiary alicyclic amines) is 1. The monoisotopic (exact) mass is 408 g/mol. The Hall–Kier alpha value is -2.15. The minimum absolute atomic E-state index is 0.0341. The summed E-state index contributed by atoms with van der Waals surface area (Å²) in [6.45, 7) is 1.73. The first-order valence-electron chi connectivity index (χ1n) is 7.94. The molecule has 1 aliphatic heterocycles. The predicted molar refractivity (Wildman–Crippen MR) is 94.4 cm³/mol. The van der Waals surface area contributed by atoms with Gasteiger partial charge in [0, 0.05) is 29.5 Å². The Morgan fingerprint density at radius 3 is 2.96 bits per heavy atom. The standard InChI is InChI=1S/C18H18BrFN2O3/c1-24-14-3-4-16(19)15(8-14)18(23)22-7-6-12(10-22)11-25-17-5-2-13(20)9-21-17/h2-5,8-9,12H,6-7,10-11H2,1H3. The number of aromatic nitrogens is 1. The first-order valence-corrected chi connectivity index (χ1v) is 8.73. The molecule has 0 aliphatic carbocycles. The number of amides is 1. The molecule has 2 heterocycles. The molecule has 0 radical (unpaired) electrons. The van der Waals surface area contributed by atoms with E-state index in [1.807, 2.05) is 11.0 Å². The molecule has 0 spiro atoms. The number of hydrogen-bond acceptors (Lipinski definition) is 4. The number of pyridine rings is 1. The van der Waals surface area contributed by atoms with E-state index < -0.39 is 5.82 Å². The van der Waals surface area contributed by atoms with Gasteiger partial charge in [-0.3, -0.25) is 4.79 Å². The zero-order chi connectivity index (χ0) is 17.8. The third-order valence-corrected chi connectivity index (χ3v) is 4.84. The van der Waals surface area contributed by atoms with Crippen LogP contribution in [0, 0.1) is 11.7 Å². The first kappa shape index (κ1) is 17.7. The number of ether oxygens (including phenoxy) is 2. The number of hydrogen-bond donors (Lipinski definition) is 0. The van der Waals surface area contributed by atoms with Gasteiger partial charge in [-0.2, -0.15) is 0 Å². The number of carbonyl (C=O) groups excluding carboxylic acids is 1. The molecule has 0 N–H and O–H groups in total. The van der Waals surface area contributed by atoms with Crippen LogP contribution in [0.1, 0.15) is 16.8 Å². The fourth-order valence-electron chi connectivity index (χ4n) is 2.77. The lowest BCUT2D eigenvalue weighted by atomic mass is 10.1. The number of carbonyl (C=O) groups is 1. The average Bonchev–Trinajstić information content (AvgIpc) is 3.10. The second kappa shape index (κ2) is 7.82. The van der Waals surface area contributed by atoms with Crippen molar-refractivity contribution in [1.82, 2.24) is 9.88 Å². The Morgan fingerprint density at radius 2 is 2.24 bits per heavy atom. The van der Waals surface area contributed by atoms with Crippen molar-refractivity contribution in [3.63, 3.8) is 0 Å². The van der Waals surface area contributed by atoms with Crippen molar-refractivity contribution in [1.29, 1.82) is 0 Å². The summed E-state index contributed by atoms with van der Waals surface area (Å²) >= 11 is 3.42. The Balaban J connectivity index is 1.58. The largest absolute Gasteiger partial charge is 0.497 e. The molecular weight excluding hydrogens is 391 g/mol. The van der Waals surface area contributed by atoms with Crippen molar-refractivity contribution in [3.8, 4) is 11.6 Å². The molecule has 5 nitrogen and oxygen atoms in total. The first-order chi connectivity index (χ1) is 12.1. The van der Waals surface area contributed by atoms with Crippen LogP contribution >= 0.6 is 15.9 Å². The molecule has 0 bridgehead atoms. The molecule has 1 fully saturated rings. The van der Waals surface area contributed by atoms with E-state index in [0.717, 1.165) is 17.1 Å². The van der Waals surface area contributed by atoms with E-state index in [-0.39, 0.29) is 11.8 Å². The summed E-state index contributed by atoms with van der Waals surface area (Å²) in [5.74, 6) is 0.831. The molecular formula is C18H18BrFN2O3. The van der Waals surface area contributed by atoms with Crippen molar-refractivity contribution >= 4 is 21.8 Å². The van der Waals surface area contributed by atoms with Gasteiger partial charge in [-0.05, 0) is 46.6 Å². The van der Waals surface area contributed by atoms with Gasteiger partial charge in [0.1, 0.15) is 11.6 Å². The van der Waals surface area contributed by atoms with Gasteiger partial charge in [-0.15, -0.1) is 0 Å². The van der Waals surface area contributed by atoms with Crippen molar-refractivity contribution in [2.75, 3.05) is 26.8 Å². The van der Waals surface area contributed by atoms with Gasteiger partial charge in [0.15, 0.2) is 0 Å². The number of nitrogens with zero attached hydrogens (tertiary/aromatic N) is 2. The van der Waals surface area contributed by atoms with Crippen molar-refractivity contribution < 1.29 is 18.7 Å². The van der Waals surface area contributed by atoms with E-state index in [0.29, 0.717) is 36.9 Å². The summed E-state index contributed by atoms with van der Waals surface area (Å²) in [6, 6.07) is 8.16. The number of benzene rings is 1. The minimum Gasteiger partial charge on any atom is -0.497 e. The summed E-state index contributed by atoms with van der Waals surface area (Å²) in [5.41, 5.74) is 0.584. The predicted octanol–water partition coefficient (Wildman–Crippen LogP) is 3.53. The highest BCUT2D eigenvalue weighted by atomic mass is 79.9. The SMILES string of the molecule is COc1ccc(Br)c(C(=O)N2CCC(COc3ccc(F)cn3)C2)c1. The maximum atomic E-state index is 12.8. The van der Waals surface area contributed by atoms with E-state index >= 15 is 0 Å². The molecule has 7 heteroatoms. The van der Waals surface area contributed by atoms with Crippen LogP contribution in [0.2, 0.25) is 0 Å². The topological polar surface area (TPSA) is 51.7 Å². The summed E-state index contributed by atoms with van der Waals surface area (Å²) < 4.78 is 24.4. The fourth-order valence-corrected chi connectivity index (χ4v) is 3.19. The Bertz CT molecular complexity index is 754. The lowest BCUT2D eigenvalue weighted by Gasteiger charge is -2.18. The number of rotatable bonds is 5. The Labute approximate surface area is 153 Å².